The number of aromatic nitrogens is 2. The minimum Gasteiger partial charge on any atom is -0.293 e. The van der Waals surface area contributed by atoms with Gasteiger partial charge in [0.15, 0.2) is 5.78 Å². The number of carbonyl (C=O) groups is 1. The Morgan fingerprint density at radius 3 is 2.86 bits per heavy atom. The summed E-state index contributed by atoms with van der Waals surface area (Å²) in [4.78, 5) is 11.2. The van der Waals surface area contributed by atoms with Crippen LogP contribution in [0.15, 0.2) is 18.2 Å². The summed E-state index contributed by atoms with van der Waals surface area (Å²) in [7, 11) is 1.62. The lowest BCUT2D eigenvalue weighted by atomic mass is 10.1. The molecule has 1 aromatic heterocycles. The van der Waals surface area contributed by atoms with Crippen LogP contribution < -0.4 is 0 Å². The molecule has 0 amide bonds. The number of hydrogen-bond acceptors (Lipinski definition) is 2. The third-order valence-electron chi connectivity index (χ3n) is 2.15. The standard InChI is InChI=1S/C10H9FN2O/c1-6(14)9-7-4-3-5-8(11)10(7)13(2)12-9/h3-5H,1-2H3. The molecular formula is C10H9FN2O. The highest BCUT2D eigenvalue weighted by Crippen LogP contribution is 2.20. The Morgan fingerprint density at radius 2 is 2.21 bits per heavy atom. The lowest BCUT2D eigenvalue weighted by molar-refractivity contribution is 0.101. The molecule has 1 aromatic carbocycles. The zero-order valence-electron chi connectivity index (χ0n) is 7.91. The number of carbonyl (C=O) groups excluding carboxylic acids is 1. The molecular weight excluding hydrogens is 183 g/mol. The van der Waals surface area contributed by atoms with Gasteiger partial charge < -0.3 is 0 Å². The van der Waals surface area contributed by atoms with E-state index in [4.69, 9.17) is 0 Å². The largest absolute Gasteiger partial charge is 0.293 e. The molecule has 1 heterocycles. The minimum absolute atomic E-state index is 0.152. The maximum Gasteiger partial charge on any atom is 0.180 e. The summed E-state index contributed by atoms with van der Waals surface area (Å²) >= 11 is 0. The van der Waals surface area contributed by atoms with E-state index in [9.17, 15) is 9.18 Å². The van der Waals surface area contributed by atoms with Gasteiger partial charge in [0.25, 0.3) is 0 Å². The number of benzene rings is 1. The molecule has 2 aromatic rings. The molecule has 0 atom stereocenters. The van der Waals surface area contributed by atoms with Crippen LogP contribution in [0.25, 0.3) is 10.9 Å². The van der Waals surface area contributed by atoms with Crippen molar-refractivity contribution in [3.63, 3.8) is 0 Å². The van der Waals surface area contributed by atoms with Crippen molar-refractivity contribution < 1.29 is 9.18 Å². The third-order valence-corrected chi connectivity index (χ3v) is 2.15. The molecule has 0 unspecified atom stereocenters. The molecule has 3 nitrogen and oxygen atoms in total. The number of aryl methyl sites for hydroxylation is 1. The van der Waals surface area contributed by atoms with Gasteiger partial charge in [0, 0.05) is 19.4 Å². The van der Waals surface area contributed by atoms with Crippen LogP contribution in [0.1, 0.15) is 17.4 Å². The van der Waals surface area contributed by atoms with Gasteiger partial charge in [-0.1, -0.05) is 12.1 Å². The van der Waals surface area contributed by atoms with Gasteiger partial charge in [-0.15, -0.1) is 0 Å². The monoisotopic (exact) mass is 192 g/mol. The van der Waals surface area contributed by atoms with Gasteiger partial charge in [0.05, 0.1) is 0 Å². The number of hydrogen-bond donors (Lipinski definition) is 0. The Bertz CT molecular complexity index is 516. The van der Waals surface area contributed by atoms with Gasteiger partial charge in [0.1, 0.15) is 17.0 Å². The van der Waals surface area contributed by atoms with Crippen molar-refractivity contribution in [2.75, 3.05) is 0 Å². The van der Waals surface area contributed by atoms with Crippen LogP contribution in [0.2, 0.25) is 0 Å². The quantitative estimate of drug-likeness (QED) is 0.647. The Balaban J connectivity index is 2.91. The first kappa shape index (κ1) is 8.87. The van der Waals surface area contributed by atoms with Gasteiger partial charge in [-0.25, -0.2) is 4.39 Å². The molecule has 0 aliphatic rings. The fraction of sp³-hybridized carbons (Fsp3) is 0.200. The molecule has 14 heavy (non-hydrogen) atoms. The molecule has 0 radical (unpaired) electrons. The number of Topliss-reactive ketones (excluding diaryl/α,β-unsaturated/α-hetero) is 1. The van der Waals surface area contributed by atoms with Gasteiger partial charge >= 0.3 is 0 Å². The van der Waals surface area contributed by atoms with Gasteiger partial charge in [-0.2, -0.15) is 5.10 Å². The van der Waals surface area contributed by atoms with E-state index in [0.717, 1.165) is 0 Å². The number of ketones is 1. The van der Waals surface area contributed by atoms with Crippen LogP contribution in [0.3, 0.4) is 0 Å². The van der Waals surface area contributed by atoms with E-state index >= 15 is 0 Å². The smallest absolute Gasteiger partial charge is 0.180 e. The van der Waals surface area contributed by atoms with E-state index in [1.54, 1.807) is 19.2 Å². The van der Waals surface area contributed by atoms with Crippen LogP contribution in [-0.4, -0.2) is 15.6 Å². The number of halogens is 1. The summed E-state index contributed by atoms with van der Waals surface area (Å²) < 4.78 is 14.7. The first-order valence-corrected chi connectivity index (χ1v) is 4.23. The second-order valence-corrected chi connectivity index (χ2v) is 3.16. The molecule has 0 N–H and O–H groups in total. The molecule has 0 aliphatic carbocycles. The van der Waals surface area contributed by atoms with E-state index in [1.807, 2.05) is 0 Å². The first-order chi connectivity index (χ1) is 6.61. The van der Waals surface area contributed by atoms with Crippen molar-refractivity contribution >= 4 is 16.7 Å². The van der Waals surface area contributed by atoms with Gasteiger partial charge in [0.2, 0.25) is 0 Å². The summed E-state index contributed by atoms with van der Waals surface area (Å²) in [6.07, 6.45) is 0. The topological polar surface area (TPSA) is 34.9 Å². The second kappa shape index (κ2) is 2.90. The van der Waals surface area contributed by atoms with Crippen molar-refractivity contribution in [1.82, 2.24) is 9.78 Å². The minimum atomic E-state index is -0.356. The van der Waals surface area contributed by atoms with E-state index in [-0.39, 0.29) is 11.6 Å². The Kier molecular flexibility index (Phi) is 1.84. The van der Waals surface area contributed by atoms with Gasteiger partial charge in [-0.05, 0) is 6.07 Å². The average Bonchev–Trinajstić information content (AvgIpc) is 2.45. The third kappa shape index (κ3) is 1.11. The zero-order valence-corrected chi connectivity index (χ0v) is 7.91. The Hall–Kier alpha value is -1.71. The molecule has 0 aliphatic heterocycles. The van der Waals surface area contributed by atoms with Crippen LogP contribution in [-0.2, 0) is 7.05 Å². The van der Waals surface area contributed by atoms with Crippen LogP contribution >= 0.6 is 0 Å². The number of fused-ring (bicyclic) bond motifs is 1. The maximum absolute atomic E-state index is 13.4. The molecule has 0 spiro atoms. The molecule has 0 bridgehead atoms. The first-order valence-electron chi connectivity index (χ1n) is 4.23. The molecule has 4 heteroatoms. The highest BCUT2D eigenvalue weighted by molar-refractivity contribution is 6.04. The Morgan fingerprint density at radius 1 is 1.50 bits per heavy atom. The second-order valence-electron chi connectivity index (χ2n) is 3.16. The number of rotatable bonds is 1. The van der Waals surface area contributed by atoms with E-state index in [2.05, 4.69) is 5.10 Å². The molecule has 2 rings (SSSR count). The molecule has 72 valence electrons. The predicted octanol–water partition coefficient (Wildman–Crippen LogP) is 1.91. The van der Waals surface area contributed by atoms with E-state index < -0.39 is 0 Å². The van der Waals surface area contributed by atoms with Crippen molar-refractivity contribution in [2.45, 2.75) is 6.92 Å². The lowest BCUT2D eigenvalue weighted by Crippen LogP contribution is -1.96. The summed E-state index contributed by atoms with van der Waals surface area (Å²) in [5.41, 5.74) is 0.694. The molecule has 0 saturated carbocycles. The lowest BCUT2D eigenvalue weighted by Gasteiger charge is -1.94. The SMILES string of the molecule is CC(=O)c1nn(C)c2c(F)cccc12. The van der Waals surface area contributed by atoms with Crippen LogP contribution in [0.5, 0.6) is 0 Å². The summed E-state index contributed by atoms with van der Waals surface area (Å²) in [6.45, 7) is 1.42. The summed E-state index contributed by atoms with van der Waals surface area (Å²) in [6, 6.07) is 4.63. The summed E-state index contributed by atoms with van der Waals surface area (Å²) in [5, 5.41) is 4.55. The molecule has 0 fully saturated rings. The predicted molar refractivity (Wildman–Crippen MR) is 50.7 cm³/mol. The van der Waals surface area contributed by atoms with E-state index in [0.29, 0.717) is 16.6 Å². The average molecular weight is 192 g/mol. The summed E-state index contributed by atoms with van der Waals surface area (Å²) in [5.74, 6) is -0.508. The van der Waals surface area contributed by atoms with Crippen molar-refractivity contribution in [3.05, 3.63) is 29.7 Å². The maximum atomic E-state index is 13.4. The Labute approximate surface area is 80.1 Å². The fourth-order valence-corrected chi connectivity index (χ4v) is 1.55. The van der Waals surface area contributed by atoms with Crippen molar-refractivity contribution in [1.29, 1.82) is 0 Å². The zero-order chi connectivity index (χ0) is 10.3. The highest BCUT2D eigenvalue weighted by Gasteiger charge is 2.14. The van der Waals surface area contributed by atoms with Crippen molar-refractivity contribution in [3.8, 4) is 0 Å². The fourth-order valence-electron chi connectivity index (χ4n) is 1.55. The van der Waals surface area contributed by atoms with Crippen LogP contribution in [0, 0.1) is 5.82 Å². The van der Waals surface area contributed by atoms with Crippen molar-refractivity contribution in [2.24, 2.45) is 7.05 Å². The number of nitrogens with zero attached hydrogens (tertiary/aromatic N) is 2. The normalized spacial score (nSPS) is 10.8. The van der Waals surface area contributed by atoms with E-state index in [1.165, 1.54) is 17.7 Å². The van der Waals surface area contributed by atoms with Crippen LogP contribution in [0.4, 0.5) is 4.39 Å². The van der Waals surface area contributed by atoms with Gasteiger partial charge in [-0.3, -0.25) is 9.48 Å². The molecule has 0 saturated heterocycles. The highest BCUT2D eigenvalue weighted by atomic mass is 19.1. The number of para-hydroxylation sites is 1.